The van der Waals surface area contributed by atoms with Gasteiger partial charge in [0, 0.05) is 12.6 Å². The molecule has 0 spiro atoms. The van der Waals surface area contributed by atoms with Crippen LogP contribution in [0.2, 0.25) is 0 Å². The molecular formula is C14H19F3N6. The zero-order valence-corrected chi connectivity index (χ0v) is 12.8. The summed E-state index contributed by atoms with van der Waals surface area (Å²) in [6.45, 7) is 5.07. The lowest BCUT2D eigenvalue weighted by Gasteiger charge is -2.23. The van der Waals surface area contributed by atoms with Gasteiger partial charge >= 0.3 is 6.18 Å². The average molecular weight is 328 g/mol. The first-order valence-corrected chi connectivity index (χ1v) is 7.76. The second kappa shape index (κ2) is 6.31. The maximum Gasteiger partial charge on any atom is 0.453 e. The molecule has 1 saturated heterocycles. The van der Waals surface area contributed by atoms with E-state index in [9.17, 15) is 13.2 Å². The van der Waals surface area contributed by atoms with Gasteiger partial charge < -0.3 is 10.2 Å². The molecule has 1 N–H and O–H groups in total. The maximum absolute atomic E-state index is 12.9. The van der Waals surface area contributed by atoms with Gasteiger partial charge in [0.25, 0.3) is 5.82 Å². The Hall–Kier alpha value is -1.90. The van der Waals surface area contributed by atoms with Crippen LogP contribution in [0.15, 0.2) is 12.1 Å². The summed E-state index contributed by atoms with van der Waals surface area (Å²) in [4.78, 5) is 2.36. The molecule has 1 atom stereocenters. The highest BCUT2D eigenvalue weighted by molar-refractivity contribution is 5.44. The quantitative estimate of drug-likeness (QED) is 0.913. The minimum Gasteiger partial charge on any atom is -0.365 e. The molecule has 2 aromatic rings. The lowest BCUT2D eigenvalue weighted by Crippen LogP contribution is -2.35. The van der Waals surface area contributed by atoms with Crippen molar-refractivity contribution in [3.05, 3.63) is 18.0 Å². The molecule has 3 heterocycles. The topological polar surface area (TPSA) is 58.3 Å². The lowest BCUT2D eigenvalue weighted by atomic mass is 10.2. The van der Waals surface area contributed by atoms with E-state index in [-0.39, 0.29) is 11.7 Å². The van der Waals surface area contributed by atoms with Crippen LogP contribution in [0.4, 0.5) is 19.0 Å². The molecule has 3 rings (SSSR count). The molecule has 0 saturated carbocycles. The van der Waals surface area contributed by atoms with E-state index in [1.165, 1.54) is 18.9 Å². The fourth-order valence-electron chi connectivity index (χ4n) is 2.81. The molecule has 2 aromatic heterocycles. The molecular weight excluding hydrogens is 309 g/mol. The summed E-state index contributed by atoms with van der Waals surface area (Å²) in [6, 6.07) is 3.26. The van der Waals surface area contributed by atoms with Crippen molar-refractivity contribution >= 4 is 11.5 Å². The van der Waals surface area contributed by atoms with Gasteiger partial charge in [0.2, 0.25) is 0 Å². The number of alkyl halides is 3. The Morgan fingerprint density at radius 1 is 1.22 bits per heavy atom. The summed E-state index contributed by atoms with van der Waals surface area (Å²) in [5, 5.41) is 13.9. The SMILES string of the molecule is CC[C@H](CN1CCCC1)Nc1ccc2nnc(C(F)(F)F)n2n1. The van der Waals surface area contributed by atoms with E-state index in [2.05, 4.69) is 25.5 Å². The summed E-state index contributed by atoms with van der Waals surface area (Å²) in [5.74, 6) is -0.711. The second-order valence-corrected chi connectivity index (χ2v) is 5.77. The molecule has 0 bridgehead atoms. The van der Waals surface area contributed by atoms with Gasteiger partial charge in [0.05, 0.1) is 0 Å². The molecule has 1 aliphatic heterocycles. The number of anilines is 1. The minimum absolute atomic E-state index is 0.0791. The Labute approximate surface area is 131 Å². The number of aromatic nitrogens is 4. The minimum atomic E-state index is -4.58. The van der Waals surface area contributed by atoms with Crippen molar-refractivity contribution < 1.29 is 13.2 Å². The normalized spacial score (nSPS) is 17.7. The smallest absolute Gasteiger partial charge is 0.365 e. The zero-order chi connectivity index (χ0) is 16.4. The number of halogens is 3. The highest BCUT2D eigenvalue weighted by Crippen LogP contribution is 2.27. The predicted octanol–water partition coefficient (Wildman–Crippen LogP) is 2.43. The van der Waals surface area contributed by atoms with E-state index in [0.717, 1.165) is 30.6 Å². The summed E-state index contributed by atoms with van der Waals surface area (Å²) in [7, 11) is 0. The number of likely N-dealkylation sites (tertiary alicyclic amines) is 1. The molecule has 126 valence electrons. The summed E-state index contributed by atoms with van der Waals surface area (Å²) in [6.07, 6.45) is -1.30. The number of fused-ring (bicyclic) bond motifs is 1. The largest absolute Gasteiger partial charge is 0.453 e. The van der Waals surface area contributed by atoms with Crippen LogP contribution in [0, 0.1) is 0 Å². The van der Waals surface area contributed by atoms with Crippen LogP contribution in [0.3, 0.4) is 0 Å². The van der Waals surface area contributed by atoms with Crippen molar-refractivity contribution in [2.45, 2.75) is 38.4 Å². The van der Waals surface area contributed by atoms with Crippen LogP contribution in [-0.4, -0.2) is 50.4 Å². The highest BCUT2D eigenvalue weighted by atomic mass is 19.4. The number of hydrogen-bond acceptors (Lipinski definition) is 5. The van der Waals surface area contributed by atoms with E-state index >= 15 is 0 Å². The fraction of sp³-hybridized carbons (Fsp3) is 0.643. The first-order chi connectivity index (χ1) is 11.0. The summed E-state index contributed by atoms with van der Waals surface area (Å²) in [5.41, 5.74) is 0.0791. The van der Waals surface area contributed by atoms with E-state index in [4.69, 9.17) is 0 Å². The van der Waals surface area contributed by atoms with E-state index in [1.54, 1.807) is 6.07 Å². The monoisotopic (exact) mass is 328 g/mol. The molecule has 0 aromatic carbocycles. The average Bonchev–Trinajstić information content (AvgIpc) is 3.14. The Morgan fingerprint density at radius 2 is 1.96 bits per heavy atom. The zero-order valence-electron chi connectivity index (χ0n) is 12.8. The number of rotatable bonds is 5. The Balaban J connectivity index is 1.78. The Kier molecular flexibility index (Phi) is 4.38. The van der Waals surface area contributed by atoms with Crippen LogP contribution >= 0.6 is 0 Å². The third-order valence-electron chi connectivity index (χ3n) is 4.04. The van der Waals surface area contributed by atoms with Crippen molar-refractivity contribution in [1.29, 1.82) is 0 Å². The van der Waals surface area contributed by atoms with Gasteiger partial charge in [-0.2, -0.15) is 17.7 Å². The molecule has 0 aliphatic carbocycles. The van der Waals surface area contributed by atoms with Crippen LogP contribution < -0.4 is 5.32 Å². The van der Waals surface area contributed by atoms with Crippen LogP contribution in [0.25, 0.3) is 5.65 Å². The van der Waals surface area contributed by atoms with Gasteiger partial charge in [-0.3, -0.25) is 0 Å². The molecule has 6 nitrogen and oxygen atoms in total. The van der Waals surface area contributed by atoms with Gasteiger partial charge in [-0.05, 0) is 44.5 Å². The van der Waals surface area contributed by atoms with Gasteiger partial charge in [-0.1, -0.05) is 6.92 Å². The van der Waals surface area contributed by atoms with Gasteiger partial charge in [0.1, 0.15) is 5.82 Å². The van der Waals surface area contributed by atoms with Gasteiger partial charge in [-0.15, -0.1) is 15.3 Å². The third kappa shape index (κ3) is 3.54. The van der Waals surface area contributed by atoms with Crippen molar-refractivity contribution in [3.63, 3.8) is 0 Å². The molecule has 1 fully saturated rings. The van der Waals surface area contributed by atoms with Crippen molar-refractivity contribution in [3.8, 4) is 0 Å². The van der Waals surface area contributed by atoms with Gasteiger partial charge in [-0.25, -0.2) is 0 Å². The molecule has 9 heteroatoms. The van der Waals surface area contributed by atoms with E-state index < -0.39 is 12.0 Å². The van der Waals surface area contributed by atoms with Crippen molar-refractivity contribution in [1.82, 2.24) is 24.7 Å². The van der Waals surface area contributed by atoms with Gasteiger partial charge in [0.15, 0.2) is 5.65 Å². The number of nitrogens with zero attached hydrogens (tertiary/aromatic N) is 5. The lowest BCUT2D eigenvalue weighted by molar-refractivity contribution is -0.146. The maximum atomic E-state index is 12.9. The molecule has 0 amide bonds. The Morgan fingerprint density at radius 3 is 2.61 bits per heavy atom. The van der Waals surface area contributed by atoms with Crippen LogP contribution in [0.5, 0.6) is 0 Å². The highest BCUT2D eigenvalue weighted by Gasteiger charge is 2.37. The predicted molar refractivity (Wildman–Crippen MR) is 79.2 cm³/mol. The summed E-state index contributed by atoms with van der Waals surface area (Å²) >= 11 is 0. The fourth-order valence-corrected chi connectivity index (χ4v) is 2.81. The number of hydrogen-bond donors (Lipinski definition) is 1. The van der Waals surface area contributed by atoms with Crippen LogP contribution in [-0.2, 0) is 6.18 Å². The molecule has 0 radical (unpaired) electrons. The van der Waals surface area contributed by atoms with Crippen molar-refractivity contribution in [2.24, 2.45) is 0 Å². The van der Waals surface area contributed by atoms with Crippen molar-refractivity contribution in [2.75, 3.05) is 25.0 Å². The summed E-state index contributed by atoms with van der Waals surface area (Å²) < 4.78 is 39.4. The van der Waals surface area contributed by atoms with Crippen LogP contribution in [0.1, 0.15) is 32.0 Å². The second-order valence-electron chi connectivity index (χ2n) is 5.77. The third-order valence-corrected chi connectivity index (χ3v) is 4.04. The first kappa shape index (κ1) is 16.0. The molecule has 1 aliphatic rings. The Bertz CT molecular complexity index is 662. The number of nitrogens with one attached hydrogen (secondary N) is 1. The van der Waals surface area contributed by atoms with E-state index in [1.807, 2.05) is 6.92 Å². The van der Waals surface area contributed by atoms with E-state index in [0.29, 0.717) is 5.82 Å². The first-order valence-electron chi connectivity index (χ1n) is 7.76. The molecule has 0 unspecified atom stereocenters. The molecule has 23 heavy (non-hydrogen) atoms. The standard InChI is InChI=1S/C14H19F3N6/c1-2-10(9-22-7-3-4-8-22)18-11-5-6-12-19-20-13(14(15,16)17)23(12)21-11/h5-6,10H,2-4,7-9H2,1H3,(H,18,21)/t10-/m1/s1.